The van der Waals surface area contributed by atoms with Crippen molar-refractivity contribution >= 4 is 17.3 Å². The number of alkyl halides is 3. The fraction of sp³-hybridized carbons (Fsp3) is 0.188. The van der Waals surface area contributed by atoms with Crippen molar-refractivity contribution in [3.8, 4) is 11.8 Å². The molecule has 0 aliphatic heterocycles. The molecular formula is C16H12F3N5. The van der Waals surface area contributed by atoms with Crippen molar-refractivity contribution in [3.63, 3.8) is 0 Å². The van der Waals surface area contributed by atoms with E-state index >= 15 is 0 Å². The van der Waals surface area contributed by atoms with Crippen molar-refractivity contribution in [3.05, 3.63) is 47.4 Å². The molecule has 0 radical (unpaired) electrons. The Hall–Kier alpha value is -3.08. The van der Waals surface area contributed by atoms with Crippen molar-refractivity contribution in [2.24, 2.45) is 0 Å². The third kappa shape index (κ3) is 3.01. The Balaban J connectivity index is 2.06. The van der Waals surface area contributed by atoms with Crippen LogP contribution in [0.5, 0.6) is 0 Å². The van der Waals surface area contributed by atoms with E-state index in [1.54, 1.807) is 13.0 Å². The summed E-state index contributed by atoms with van der Waals surface area (Å²) in [7, 11) is 0. The van der Waals surface area contributed by atoms with E-state index in [0.717, 1.165) is 6.07 Å². The van der Waals surface area contributed by atoms with Crippen LogP contribution in [-0.2, 0) is 6.18 Å². The molecule has 0 spiro atoms. The minimum atomic E-state index is -4.49. The van der Waals surface area contributed by atoms with Crippen LogP contribution in [0.1, 0.15) is 23.7 Å². The molecule has 0 fully saturated rings. The molecule has 0 atom stereocenters. The zero-order valence-electron chi connectivity index (χ0n) is 12.8. The van der Waals surface area contributed by atoms with Gasteiger partial charge in [-0.1, -0.05) is 5.92 Å². The summed E-state index contributed by atoms with van der Waals surface area (Å²) in [6.07, 6.45) is -3.17. The number of nitrogens with one attached hydrogen (secondary N) is 1. The van der Waals surface area contributed by atoms with E-state index in [-0.39, 0.29) is 11.3 Å². The van der Waals surface area contributed by atoms with Crippen LogP contribution >= 0.6 is 0 Å². The molecule has 3 rings (SSSR count). The third-order valence-electron chi connectivity index (χ3n) is 3.24. The van der Waals surface area contributed by atoms with Gasteiger partial charge in [0.2, 0.25) is 0 Å². The molecule has 24 heavy (non-hydrogen) atoms. The number of halogens is 3. The number of anilines is 2. The molecule has 1 aromatic carbocycles. The summed E-state index contributed by atoms with van der Waals surface area (Å²) in [5, 5.41) is 6.94. The Bertz CT molecular complexity index is 963. The highest BCUT2D eigenvalue weighted by atomic mass is 19.4. The number of fused-ring (bicyclic) bond motifs is 1. The van der Waals surface area contributed by atoms with Gasteiger partial charge in [0.15, 0.2) is 0 Å². The molecule has 8 heteroatoms. The predicted molar refractivity (Wildman–Crippen MR) is 82.8 cm³/mol. The molecule has 0 aliphatic rings. The topological polar surface area (TPSA) is 55.1 Å². The van der Waals surface area contributed by atoms with E-state index < -0.39 is 11.7 Å². The number of hydrogen-bond donors (Lipinski definition) is 1. The van der Waals surface area contributed by atoms with Crippen LogP contribution in [0.3, 0.4) is 0 Å². The second kappa shape index (κ2) is 5.85. The standard InChI is InChI=1S/C16H12F3N5/c1-3-4-11-5-6-12(8-13(11)16(17,18)19)23-14-7-10(2)22-15-20-9-21-24(14)15/h5-9,23H,1-2H3. The van der Waals surface area contributed by atoms with Gasteiger partial charge in [0.05, 0.1) is 5.56 Å². The zero-order chi connectivity index (χ0) is 17.3. The van der Waals surface area contributed by atoms with E-state index in [2.05, 4.69) is 32.2 Å². The van der Waals surface area contributed by atoms with Gasteiger partial charge >= 0.3 is 6.18 Å². The van der Waals surface area contributed by atoms with Crippen molar-refractivity contribution < 1.29 is 13.2 Å². The average Bonchev–Trinajstić information content (AvgIpc) is 2.96. The van der Waals surface area contributed by atoms with Crippen LogP contribution in [0, 0.1) is 18.8 Å². The molecule has 5 nitrogen and oxygen atoms in total. The number of benzene rings is 1. The lowest BCUT2D eigenvalue weighted by molar-refractivity contribution is -0.137. The molecule has 0 bridgehead atoms. The molecule has 0 saturated heterocycles. The van der Waals surface area contributed by atoms with Crippen LogP contribution in [0.25, 0.3) is 5.78 Å². The molecule has 0 amide bonds. The number of aromatic nitrogens is 4. The maximum atomic E-state index is 13.2. The molecule has 0 aliphatic carbocycles. The smallest absolute Gasteiger partial charge is 0.340 e. The Morgan fingerprint density at radius 2 is 2.00 bits per heavy atom. The van der Waals surface area contributed by atoms with Gasteiger partial charge in [-0.15, -0.1) is 5.92 Å². The van der Waals surface area contributed by atoms with Crippen LogP contribution < -0.4 is 5.32 Å². The molecule has 0 saturated carbocycles. The van der Waals surface area contributed by atoms with Gasteiger partial charge < -0.3 is 5.32 Å². The summed E-state index contributed by atoms with van der Waals surface area (Å²) in [6, 6.07) is 5.58. The van der Waals surface area contributed by atoms with E-state index in [1.165, 1.54) is 29.9 Å². The fourth-order valence-electron chi connectivity index (χ4n) is 2.27. The highest BCUT2D eigenvalue weighted by Crippen LogP contribution is 2.34. The lowest BCUT2D eigenvalue weighted by Crippen LogP contribution is -2.09. The maximum absolute atomic E-state index is 13.2. The summed E-state index contributed by atoms with van der Waals surface area (Å²) in [4.78, 5) is 8.16. The first-order chi connectivity index (χ1) is 11.4. The second-order valence-corrected chi connectivity index (χ2v) is 5.01. The Labute approximate surface area is 135 Å². The molecule has 2 heterocycles. The highest BCUT2D eigenvalue weighted by molar-refractivity contribution is 5.62. The van der Waals surface area contributed by atoms with E-state index in [4.69, 9.17) is 0 Å². The monoisotopic (exact) mass is 331 g/mol. The first-order valence-corrected chi connectivity index (χ1v) is 6.97. The van der Waals surface area contributed by atoms with Gasteiger partial charge in [-0.05, 0) is 32.0 Å². The van der Waals surface area contributed by atoms with Gasteiger partial charge in [0.1, 0.15) is 12.1 Å². The van der Waals surface area contributed by atoms with Crippen LogP contribution in [0.15, 0.2) is 30.6 Å². The molecule has 122 valence electrons. The van der Waals surface area contributed by atoms with Gasteiger partial charge in [-0.25, -0.2) is 4.98 Å². The summed E-state index contributed by atoms with van der Waals surface area (Å²) in [5.41, 5.74) is 0.0868. The summed E-state index contributed by atoms with van der Waals surface area (Å²) < 4.78 is 41.1. The van der Waals surface area contributed by atoms with Crippen LogP contribution in [-0.4, -0.2) is 19.6 Å². The second-order valence-electron chi connectivity index (χ2n) is 5.01. The molecule has 2 aromatic heterocycles. The summed E-state index contributed by atoms with van der Waals surface area (Å²) >= 11 is 0. The van der Waals surface area contributed by atoms with Crippen LogP contribution in [0.4, 0.5) is 24.7 Å². The fourth-order valence-corrected chi connectivity index (χ4v) is 2.27. The van der Waals surface area contributed by atoms with Crippen molar-refractivity contribution in [2.75, 3.05) is 5.32 Å². The van der Waals surface area contributed by atoms with Gasteiger partial charge in [-0.2, -0.15) is 27.8 Å². The zero-order valence-corrected chi connectivity index (χ0v) is 12.8. The SMILES string of the molecule is CC#Cc1ccc(Nc2cc(C)nc3ncnn23)cc1C(F)(F)F. The van der Waals surface area contributed by atoms with E-state index in [9.17, 15) is 13.2 Å². The lowest BCUT2D eigenvalue weighted by Gasteiger charge is -2.13. The minimum Gasteiger partial charge on any atom is -0.340 e. The molecular weight excluding hydrogens is 319 g/mol. The predicted octanol–water partition coefficient (Wildman–Crippen LogP) is 3.57. The van der Waals surface area contributed by atoms with E-state index in [1.807, 2.05) is 0 Å². The number of hydrogen-bond acceptors (Lipinski definition) is 4. The van der Waals surface area contributed by atoms with Crippen molar-refractivity contribution in [1.82, 2.24) is 19.6 Å². The first kappa shape index (κ1) is 15.8. The quantitative estimate of drug-likeness (QED) is 0.730. The number of aryl methyl sites for hydroxylation is 1. The van der Waals surface area contributed by atoms with Crippen molar-refractivity contribution in [2.45, 2.75) is 20.0 Å². The van der Waals surface area contributed by atoms with Gasteiger partial charge in [0.25, 0.3) is 5.78 Å². The Morgan fingerprint density at radius 1 is 1.21 bits per heavy atom. The number of rotatable bonds is 2. The normalized spacial score (nSPS) is 11.2. The van der Waals surface area contributed by atoms with E-state index in [0.29, 0.717) is 17.3 Å². The van der Waals surface area contributed by atoms with Gasteiger partial charge in [0, 0.05) is 23.0 Å². The first-order valence-electron chi connectivity index (χ1n) is 6.97. The number of nitrogens with zero attached hydrogens (tertiary/aromatic N) is 4. The average molecular weight is 331 g/mol. The highest BCUT2D eigenvalue weighted by Gasteiger charge is 2.33. The minimum absolute atomic E-state index is 0.0626. The summed E-state index contributed by atoms with van der Waals surface area (Å²) in [6.45, 7) is 3.26. The molecule has 0 unspecified atom stereocenters. The molecule has 3 aromatic rings. The maximum Gasteiger partial charge on any atom is 0.417 e. The Morgan fingerprint density at radius 3 is 2.71 bits per heavy atom. The summed E-state index contributed by atoms with van der Waals surface area (Å²) in [5.74, 6) is 5.80. The largest absolute Gasteiger partial charge is 0.417 e. The Kier molecular flexibility index (Phi) is 3.85. The third-order valence-corrected chi connectivity index (χ3v) is 3.24. The van der Waals surface area contributed by atoms with Gasteiger partial charge in [-0.3, -0.25) is 0 Å². The lowest BCUT2D eigenvalue weighted by atomic mass is 10.1. The van der Waals surface area contributed by atoms with Crippen molar-refractivity contribution in [1.29, 1.82) is 0 Å². The molecule has 1 N–H and O–H groups in total. The van der Waals surface area contributed by atoms with Crippen LogP contribution in [0.2, 0.25) is 0 Å².